The molecule has 1 atom stereocenters. The van der Waals surface area contributed by atoms with Crippen molar-refractivity contribution >= 4 is 35.1 Å². The molecule has 6 nitrogen and oxygen atoms in total. The highest BCUT2D eigenvalue weighted by molar-refractivity contribution is 6.35. The normalized spacial score (nSPS) is 12.5. The summed E-state index contributed by atoms with van der Waals surface area (Å²) >= 11 is 12.2. The van der Waals surface area contributed by atoms with E-state index in [4.69, 9.17) is 27.6 Å². The minimum absolute atomic E-state index is 0.00287. The van der Waals surface area contributed by atoms with Gasteiger partial charge in [-0.15, -0.1) is 0 Å². The quantitative estimate of drug-likeness (QED) is 0.494. The van der Waals surface area contributed by atoms with Crippen molar-refractivity contribution in [2.24, 2.45) is 4.99 Å². The summed E-state index contributed by atoms with van der Waals surface area (Å²) in [4.78, 5) is 16.3. The van der Waals surface area contributed by atoms with Crippen LogP contribution in [0.15, 0.2) is 46.0 Å². The van der Waals surface area contributed by atoms with Crippen molar-refractivity contribution in [3.8, 4) is 0 Å². The molecule has 0 fully saturated rings. The minimum atomic E-state index is -0.198. The summed E-state index contributed by atoms with van der Waals surface area (Å²) in [6.07, 6.45) is 1.57. The summed E-state index contributed by atoms with van der Waals surface area (Å²) in [6.45, 7) is 4.91. The Balaban J connectivity index is 1.93. The second-order valence-corrected chi connectivity index (χ2v) is 6.43. The molecule has 0 saturated heterocycles. The first-order valence-corrected chi connectivity index (χ1v) is 9.04. The van der Waals surface area contributed by atoms with Crippen LogP contribution in [-0.2, 0) is 11.3 Å². The number of nitrogens with zero attached hydrogens (tertiary/aromatic N) is 1. The number of carbonyl (C=O) groups excluding carboxylic acids is 1. The summed E-state index contributed by atoms with van der Waals surface area (Å²) in [5.41, 5.74) is 0.893. The lowest BCUT2D eigenvalue weighted by Crippen LogP contribution is -2.39. The van der Waals surface area contributed by atoms with Gasteiger partial charge >= 0.3 is 0 Å². The Labute approximate surface area is 163 Å². The van der Waals surface area contributed by atoms with Crippen LogP contribution in [0, 0.1) is 0 Å². The van der Waals surface area contributed by atoms with Crippen molar-refractivity contribution in [2.75, 3.05) is 13.1 Å². The van der Waals surface area contributed by atoms with E-state index in [-0.39, 0.29) is 18.5 Å². The Morgan fingerprint density at radius 1 is 1.27 bits per heavy atom. The number of aliphatic imine (C=N–C) groups is 1. The van der Waals surface area contributed by atoms with Gasteiger partial charge in [-0.2, -0.15) is 0 Å². The third-order valence-corrected chi connectivity index (χ3v) is 4.11. The summed E-state index contributed by atoms with van der Waals surface area (Å²) < 4.78 is 5.17. The number of rotatable bonds is 7. The van der Waals surface area contributed by atoms with Gasteiger partial charge in [0.15, 0.2) is 5.96 Å². The standard InChI is InChI=1S/C18H22Cl2N4O2/c1-3-21-18(23-11-17(25)22-10-14-5-4-8-26-14)24-12(2)15-7-6-13(19)9-16(15)20/h4-9,12H,3,10-11H2,1-2H3,(H,22,25)(H2,21,23,24). The van der Waals surface area contributed by atoms with Gasteiger partial charge in [-0.1, -0.05) is 29.3 Å². The fourth-order valence-electron chi connectivity index (χ4n) is 2.26. The van der Waals surface area contributed by atoms with Gasteiger partial charge in [0.25, 0.3) is 0 Å². The van der Waals surface area contributed by atoms with Gasteiger partial charge in [0.2, 0.25) is 5.91 Å². The Kier molecular flexibility index (Phi) is 7.81. The number of halogens is 2. The van der Waals surface area contributed by atoms with Crippen molar-refractivity contribution in [1.29, 1.82) is 0 Å². The number of furan rings is 1. The van der Waals surface area contributed by atoms with E-state index >= 15 is 0 Å². The van der Waals surface area contributed by atoms with Gasteiger partial charge in [-0.25, -0.2) is 4.99 Å². The lowest BCUT2D eigenvalue weighted by Gasteiger charge is -2.19. The molecule has 26 heavy (non-hydrogen) atoms. The lowest BCUT2D eigenvalue weighted by molar-refractivity contribution is -0.119. The van der Waals surface area contributed by atoms with Gasteiger partial charge in [0.1, 0.15) is 12.3 Å². The highest BCUT2D eigenvalue weighted by Gasteiger charge is 2.12. The van der Waals surface area contributed by atoms with E-state index in [1.54, 1.807) is 30.5 Å². The second kappa shape index (κ2) is 10.1. The van der Waals surface area contributed by atoms with E-state index in [1.165, 1.54) is 0 Å². The first-order valence-electron chi connectivity index (χ1n) is 8.28. The maximum absolute atomic E-state index is 11.9. The molecular weight excluding hydrogens is 375 g/mol. The topological polar surface area (TPSA) is 78.7 Å². The molecule has 0 saturated carbocycles. The van der Waals surface area contributed by atoms with Crippen molar-refractivity contribution in [3.05, 3.63) is 58.0 Å². The Hall–Kier alpha value is -2.18. The number of guanidine groups is 1. The molecule has 1 aromatic heterocycles. The van der Waals surface area contributed by atoms with Crippen LogP contribution in [0.2, 0.25) is 10.0 Å². The van der Waals surface area contributed by atoms with Crippen LogP contribution >= 0.6 is 23.2 Å². The van der Waals surface area contributed by atoms with Crippen LogP contribution in [0.5, 0.6) is 0 Å². The van der Waals surface area contributed by atoms with Crippen molar-refractivity contribution in [1.82, 2.24) is 16.0 Å². The average molecular weight is 397 g/mol. The van der Waals surface area contributed by atoms with E-state index in [0.29, 0.717) is 34.9 Å². The summed E-state index contributed by atoms with van der Waals surface area (Å²) in [7, 11) is 0. The summed E-state index contributed by atoms with van der Waals surface area (Å²) in [5.74, 6) is 1.02. The SMILES string of the molecule is CCNC(=NCC(=O)NCc1ccco1)NC(C)c1ccc(Cl)cc1Cl. The van der Waals surface area contributed by atoms with Gasteiger partial charge in [-0.05, 0) is 43.7 Å². The van der Waals surface area contributed by atoms with Crippen LogP contribution in [0.3, 0.4) is 0 Å². The lowest BCUT2D eigenvalue weighted by atomic mass is 10.1. The predicted octanol–water partition coefficient (Wildman–Crippen LogP) is 3.52. The van der Waals surface area contributed by atoms with Crippen LogP contribution in [0.25, 0.3) is 0 Å². The largest absolute Gasteiger partial charge is 0.467 e. The molecule has 0 aliphatic carbocycles. The molecule has 1 aromatic carbocycles. The average Bonchev–Trinajstić information content (AvgIpc) is 3.11. The van der Waals surface area contributed by atoms with E-state index in [2.05, 4.69) is 20.9 Å². The third kappa shape index (κ3) is 6.28. The van der Waals surface area contributed by atoms with Crippen LogP contribution in [0.1, 0.15) is 31.2 Å². The summed E-state index contributed by atoms with van der Waals surface area (Å²) in [5, 5.41) is 10.3. The number of hydrogen-bond acceptors (Lipinski definition) is 3. The predicted molar refractivity (Wildman–Crippen MR) is 105 cm³/mol. The monoisotopic (exact) mass is 396 g/mol. The van der Waals surface area contributed by atoms with Gasteiger partial charge in [0.05, 0.1) is 18.8 Å². The molecule has 0 aliphatic rings. The fraction of sp³-hybridized carbons (Fsp3) is 0.333. The molecule has 2 aromatic rings. The molecular formula is C18H22Cl2N4O2. The number of nitrogens with one attached hydrogen (secondary N) is 3. The fourth-order valence-corrected chi connectivity index (χ4v) is 2.83. The zero-order valence-corrected chi connectivity index (χ0v) is 16.2. The van der Waals surface area contributed by atoms with E-state index < -0.39 is 0 Å². The molecule has 1 unspecified atom stereocenters. The summed E-state index contributed by atoms with van der Waals surface area (Å²) in [6, 6.07) is 8.81. The third-order valence-electron chi connectivity index (χ3n) is 3.55. The maximum atomic E-state index is 11.9. The van der Waals surface area contributed by atoms with E-state index in [1.807, 2.05) is 19.9 Å². The molecule has 0 bridgehead atoms. The molecule has 8 heteroatoms. The molecule has 2 rings (SSSR count). The first kappa shape index (κ1) is 20.1. The van der Waals surface area contributed by atoms with Crippen LogP contribution in [-0.4, -0.2) is 25.0 Å². The second-order valence-electron chi connectivity index (χ2n) is 5.58. The van der Waals surface area contributed by atoms with Crippen molar-refractivity contribution in [3.63, 3.8) is 0 Å². The zero-order valence-electron chi connectivity index (χ0n) is 14.7. The molecule has 1 heterocycles. The van der Waals surface area contributed by atoms with Crippen molar-refractivity contribution in [2.45, 2.75) is 26.4 Å². The molecule has 0 aliphatic heterocycles. The molecule has 3 N–H and O–H groups in total. The van der Waals surface area contributed by atoms with Gasteiger partial charge in [0, 0.05) is 16.6 Å². The van der Waals surface area contributed by atoms with Crippen molar-refractivity contribution < 1.29 is 9.21 Å². The Morgan fingerprint density at radius 3 is 2.73 bits per heavy atom. The Bertz CT molecular complexity index is 748. The molecule has 0 spiro atoms. The van der Waals surface area contributed by atoms with Crippen LogP contribution < -0.4 is 16.0 Å². The Morgan fingerprint density at radius 2 is 2.08 bits per heavy atom. The van der Waals surface area contributed by atoms with E-state index in [9.17, 15) is 4.79 Å². The maximum Gasteiger partial charge on any atom is 0.242 e. The van der Waals surface area contributed by atoms with E-state index in [0.717, 1.165) is 5.56 Å². The first-order chi connectivity index (χ1) is 12.5. The van der Waals surface area contributed by atoms with Gasteiger partial charge in [-0.3, -0.25) is 4.79 Å². The van der Waals surface area contributed by atoms with Crippen LogP contribution in [0.4, 0.5) is 0 Å². The number of hydrogen-bond donors (Lipinski definition) is 3. The van der Waals surface area contributed by atoms with Gasteiger partial charge < -0.3 is 20.4 Å². The molecule has 140 valence electrons. The molecule has 1 amide bonds. The minimum Gasteiger partial charge on any atom is -0.467 e. The number of amides is 1. The highest BCUT2D eigenvalue weighted by Crippen LogP contribution is 2.25. The highest BCUT2D eigenvalue weighted by atomic mass is 35.5. The zero-order chi connectivity index (χ0) is 18.9. The smallest absolute Gasteiger partial charge is 0.242 e. The number of benzene rings is 1. The number of carbonyl (C=O) groups is 1. The molecule has 0 radical (unpaired) electrons.